The molecule has 4 rings (SSSR count). The van der Waals surface area contributed by atoms with E-state index >= 15 is 0 Å². The average molecular weight is 401 g/mol. The van der Waals surface area contributed by atoms with Crippen LogP contribution in [0.3, 0.4) is 0 Å². The number of hydrogen-bond acceptors (Lipinski definition) is 4. The zero-order valence-electron chi connectivity index (χ0n) is 17.6. The maximum atomic E-state index is 12.8. The molecule has 2 aromatic carbocycles. The number of benzene rings is 2. The Hall–Kier alpha value is -3.21. The molecule has 0 atom stereocenters. The second-order valence-corrected chi connectivity index (χ2v) is 7.80. The molecule has 0 unspecified atom stereocenters. The van der Waals surface area contributed by atoms with E-state index in [0.717, 1.165) is 35.6 Å². The first-order valence-electron chi connectivity index (χ1n) is 10.7. The lowest BCUT2D eigenvalue weighted by Gasteiger charge is -2.22. The van der Waals surface area contributed by atoms with Crippen LogP contribution >= 0.6 is 0 Å². The Balaban J connectivity index is 1.55. The van der Waals surface area contributed by atoms with Crippen LogP contribution in [0.4, 0.5) is 11.4 Å². The highest BCUT2D eigenvalue weighted by atomic mass is 16.2. The minimum Gasteiger partial charge on any atom is -0.372 e. The molecule has 2 heterocycles. The normalized spacial score (nSPS) is 18.5. The van der Waals surface area contributed by atoms with Crippen LogP contribution in [-0.4, -0.2) is 37.0 Å². The van der Waals surface area contributed by atoms with Crippen molar-refractivity contribution in [3.05, 3.63) is 72.3 Å². The lowest BCUT2D eigenvalue weighted by molar-refractivity contribution is -0.112. The summed E-state index contributed by atoms with van der Waals surface area (Å²) >= 11 is 0. The molecule has 0 spiro atoms. The molecule has 5 heteroatoms. The Labute approximate surface area is 178 Å². The number of anilines is 2. The number of carbonyl (C=O) groups is 1. The van der Waals surface area contributed by atoms with E-state index in [-0.39, 0.29) is 5.91 Å². The number of amides is 1. The largest absolute Gasteiger partial charge is 0.372 e. The zero-order chi connectivity index (χ0) is 20.9. The highest BCUT2D eigenvalue weighted by Crippen LogP contribution is 2.29. The van der Waals surface area contributed by atoms with Gasteiger partial charge in [0, 0.05) is 30.9 Å². The van der Waals surface area contributed by atoms with Gasteiger partial charge in [-0.3, -0.25) is 4.79 Å². The van der Waals surface area contributed by atoms with Crippen LogP contribution in [0, 0.1) is 0 Å². The number of carbonyl (C=O) groups excluding carboxylic acids is 1. The lowest BCUT2D eigenvalue weighted by atomic mass is 10.1. The fraction of sp³-hybridized carbons (Fsp3) is 0.320. The van der Waals surface area contributed by atoms with Crippen molar-refractivity contribution in [2.24, 2.45) is 10.2 Å². The van der Waals surface area contributed by atoms with Gasteiger partial charge in [-0.05, 0) is 43.5 Å². The first kappa shape index (κ1) is 20.1. The first-order valence-corrected chi connectivity index (χ1v) is 10.7. The Morgan fingerprint density at radius 1 is 1.03 bits per heavy atom. The number of para-hydroxylation sites is 1. The van der Waals surface area contributed by atoms with Crippen LogP contribution in [0.5, 0.6) is 0 Å². The standard InChI is InChI=1S/C25H28N4O/c1-3-16-29-23-11-7-6-10-22(23)24(25(29)30)27-26-19(2)20-12-14-21(15-13-20)28-17-8-4-5-9-18-28/h3,6-7,10-15H,1,4-5,8-9,16-18H2,2H3/b26-19-,27-24-. The van der Waals surface area contributed by atoms with Crippen molar-refractivity contribution in [2.45, 2.75) is 32.6 Å². The lowest BCUT2D eigenvalue weighted by Crippen LogP contribution is -2.30. The third kappa shape index (κ3) is 4.06. The summed E-state index contributed by atoms with van der Waals surface area (Å²) in [5.41, 5.74) is 5.12. The second kappa shape index (κ2) is 9.08. The van der Waals surface area contributed by atoms with E-state index in [1.807, 2.05) is 31.2 Å². The van der Waals surface area contributed by atoms with E-state index in [1.165, 1.54) is 31.4 Å². The number of rotatable bonds is 5. The molecule has 0 aliphatic carbocycles. The molecule has 2 aliphatic heterocycles. The van der Waals surface area contributed by atoms with Gasteiger partial charge in [0.25, 0.3) is 5.91 Å². The number of hydrogen-bond donors (Lipinski definition) is 0. The maximum Gasteiger partial charge on any atom is 0.279 e. The van der Waals surface area contributed by atoms with Crippen LogP contribution in [0.15, 0.2) is 71.4 Å². The first-order chi connectivity index (χ1) is 14.7. The molecule has 30 heavy (non-hydrogen) atoms. The molecule has 0 bridgehead atoms. The molecule has 2 aromatic rings. The van der Waals surface area contributed by atoms with Gasteiger partial charge in [-0.2, -0.15) is 5.10 Å². The van der Waals surface area contributed by atoms with Gasteiger partial charge in [-0.25, -0.2) is 0 Å². The van der Waals surface area contributed by atoms with Crippen molar-refractivity contribution in [3.63, 3.8) is 0 Å². The molecule has 1 fully saturated rings. The van der Waals surface area contributed by atoms with Crippen LogP contribution in [0.2, 0.25) is 0 Å². The van der Waals surface area contributed by atoms with Gasteiger partial charge in [-0.15, -0.1) is 11.7 Å². The molecular weight excluding hydrogens is 372 g/mol. The molecule has 2 aliphatic rings. The summed E-state index contributed by atoms with van der Waals surface area (Å²) in [5, 5.41) is 8.74. The van der Waals surface area contributed by atoms with E-state index in [9.17, 15) is 4.79 Å². The van der Waals surface area contributed by atoms with E-state index < -0.39 is 0 Å². The molecule has 1 amide bonds. The van der Waals surface area contributed by atoms with E-state index in [0.29, 0.717) is 12.3 Å². The van der Waals surface area contributed by atoms with Crippen molar-refractivity contribution in [2.75, 3.05) is 29.4 Å². The summed E-state index contributed by atoms with van der Waals surface area (Å²) < 4.78 is 0. The summed E-state index contributed by atoms with van der Waals surface area (Å²) in [6.07, 6.45) is 6.90. The maximum absolute atomic E-state index is 12.8. The van der Waals surface area contributed by atoms with E-state index in [4.69, 9.17) is 0 Å². The highest BCUT2D eigenvalue weighted by Gasteiger charge is 2.33. The van der Waals surface area contributed by atoms with Crippen molar-refractivity contribution in [1.82, 2.24) is 0 Å². The van der Waals surface area contributed by atoms with Crippen LogP contribution in [0.25, 0.3) is 0 Å². The van der Waals surface area contributed by atoms with Gasteiger partial charge < -0.3 is 9.80 Å². The predicted octanol–water partition coefficient (Wildman–Crippen LogP) is 4.81. The van der Waals surface area contributed by atoms with Gasteiger partial charge in [0.05, 0.1) is 11.4 Å². The van der Waals surface area contributed by atoms with Crippen LogP contribution in [0.1, 0.15) is 43.7 Å². The monoisotopic (exact) mass is 400 g/mol. The van der Waals surface area contributed by atoms with Crippen molar-refractivity contribution >= 4 is 28.7 Å². The van der Waals surface area contributed by atoms with Gasteiger partial charge in [0.15, 0.2) is 5.71 Å². The molecule has 1 saturated heterocycles. The predicted molar refractivity (Wildman–Crippen MR) is 125 cm³/mol. The van der Waals surface area contributed by atoms with Crippen LogP contribution < -0.4 is 9.80 Å². The third-order valence-corrected chi connectivity index (χ3v) is 5.77. The molecule has 0 N–H and O–H groups in total. The Morgan fingerprint density at radius 2 is 1.73 bits per heavy atom. The molecule has 0 saturated carbocycles. The Bertz CT molecular complexity index is 982. The summed E-state index contributed by atoms with van der Waals surface area (Å²) in [4.78, 5) is 17.0. The van der Waals surface area contributed by atoms with E-state index in [1.54, 1.807) is 11.0 Å². The van der Waals surface area contributed by atoms with E-state index in [2.05, 4.69) is 45.9 Å². The van der Waals surface area contributed by atoms with Gasteiger partial charge in [-0.1, -0.05) is 49.2 Å². The Morgan fingerprint density at radius 3 is 2.43 bits per heavy atom. The third-order valence-electron chi connectivity index (χ3n) is 5.77. The Kier molecular flexibility index (Phi) is 6.07. The fourth-order valence-corrected chi connectivity index (χ4v) is 4.09. The molecule has 0 aromatic heterocycles. The molecule has 5 nitrogen and oxygen atoms in total. The summed E-state index contributed by atoms with van der Waals surface area (Å²) in [6.45, 7) is 8.39. The van der Waals surface area contributed by atoms with Crippen molar-refractivity contribution in [1.29, 1.82) is 0 Å². The highest BCUT2D eigenvalue weighted by molar-refractivity contribution is 6.54. The number of nitrogens with zero attached hydrogens (tertiary/aromatic N) is 4. The molecule has 154 valence electrons. The average Bonchev–Trinajstić information content (AvgIpc) is 2.95. The van der Waals surface area contributed by atoms with Crippen molar-refractivity contribution < 1.29 is 4.79 Å². The minimum absolute atomic E-state index is 0.135. The smallest absolute Gasteiger partial charge is 0.279 e. The molecule has 0 radical (unpaired) electrons. The minimum atomic E-state index is -0.135. The fourth-order valence-electron chi connectivity index (χ4n) is 4.09. The van der Waals surface area contributed by atoms with Gasteiger partial charge >= 0.3 is 0 Å². The van der Waals surface area contributed by atoms with Gasteiger partial charge in [0.1, 0.15) is 0 Å². The zero-order valence-corrected chi connectivity index (χ0v) is 17.6. The molecular formula is C25H28N4O. The van der Waals surface area contributed by atoms with Crippen molar-refractivity contribution in [3.8, 4) is 0 Å². The second-order valence-electron chi connectivity index (χ2n) is 7.80. The SMILES string of the molecule is C=CCN1C(=O)/C(=N\N=C(\C)c2ccc(N3CCCCCC3)cc2)c2ccccc21. The topological polar surface area (TPSA) is 48.3 Å². The summed E-state index contributed by atoms with van der Waals surface area (Å²) in [6, 6.07) is 16.2. The number of fused-ring (bicyclic) bond motifs is 1. The summed E-state index contributed by atoms with van der Waals surface area (Å²) in [7, 11) is 0. The van der Waals surface area contributed by atoms with Crippen LogP contribution in [-0.2, 0) is 4.79 Å². The quantitative estimate of drug-likeness (QED) is 0.411. The van der Waals surface area contributed by atoms with Gasteiger partial charge in [0.2, 0.25) is 0 Å². The summed E-state index contributed by atoms with van der Waals surface area (Å²) in [5.74, 6) is -0.135.